The van der Waals surface area contributed by atoms with Crippen molar-refractivity contribution in [2.45, 2.75) is 38.5 Å². The molecule has 0 spiro atoms. The fraction of sp³-hybridized carbons (Fsp3) is 0.250. The molecule has 1 saturated carbocycles. The molecule has 1 aliphatic rings. The molecular formula is C28H23F4NO3. The number of benzene rings is 3. The molecule has 1 aliphatic carbocycles. The zero-order valence-corrected chi connectivity index (χ0v) is 19.3. The highest BCUT2D eigenvalue weighted by Crippen LogP contribution is 2.57. The predicted molar refractivity (Wildman–Crippen MR) is 127 cm³/mol. The molecule has 0 unspecified atom stereocenters. The van der Waals surface area contributed by atoms with E-state index in [1.165, 1.54) is 12.1 Å². The zero-order chi connectivity index (χ0) is 25.7. The van der Waals surface area contributed by atoms with E-state index in [0.717, 1.165) is 22.3 Å². The van der Waals surface area contributed by atoms with Crippen molar-refractivity contribution in [2.75, 3.05) is 0 Å². The monoisotopic (exact) mass is 497 g/mol. The second kappa shape index (κ2) is 8.69. The molecule has 1 heterocycles. The van der Waals surface area contributed by atoms with Gasteiger partial charge in [0.1, 0.15) is 23.9 Å². The topological polar surface area (TPSA) is 51.5 Å². The average Bonchev–Trinajstić information content (AvgIpc) is 3.18. The van der Waals surface area contributed by atoms with E-state index in [1.807, 2.05) is 30.3 Å². The summed E-state index contributed by atoms with van der Waals surface area (Å²) in [4.78, 5) is 11.7. The minimum atomic E-state index is -4.76. The fourth-order valence-electron chi connectivity index (χ4n) is 5.13. The Labute approximate surface area is 204 Å². The van der Waals surface area contributed by atoms with Crippen LogP contribution in [0.15, 0.2) is 72.8 Å². The summed E-state index contributed by atoms with van der Waals surface area (Å²) >= 11 is 0. The highest BCUT2D eigenvalue weighted by Gasteiger charge is 2.51. The number of hydrogen-bond donors (Lipinski definition) is 1. The minimum absolute atomic E-state index is 0.0178. The summed E-state index contributed by atoms with van der Waals surface area (Å²) in [5, 5.41) is 9.88. The Morgan fingerprint density at radius 3 is 2.31 bits per heavy atom. The van der Waals surface area contributed by atoms with Crippen molar-refractivity contribution < 1.29 is 32.2 Å². The van der Waals surface area contributed by atoms with E-state index in [1.54, 1.807) is 25.1 Å². The molecule has 1 aromatic heterocycles. The van der Waals surface area contributed by atoms with Crippen LogP contribution in [0, 0.1) is 11.2 Å². The third-order valence-electron chi connectivity index (χ3n) is 6.90. The highest BCUT2D eigenvalue weighted by atomic mass is 19.4. The Balaban J connectivity index is 1.74. The first-order valence-corrected chi connectivity index (χ1v) is 11.5. The molecule has 36 heavy (non-hydrogen) atoms. The first kappa shape index (κ1) is 23.9. The van der Waals surface area contributed by atoms with Gasteiger partial charge in [-0.25, -0.2) is 4.39 Å². The molecular weight excluding hydrogens is 474 g/mol. The van der Waals surface area contributed by atoms with Crippen LogP contribution in [0.25, 0.3) is 16.6 Å². The lowest BCUT2D eigenvalue weighted by Crippen LogP contribution is -2.40. The molecule has 0 atom stereocenters. The maximum absolute atomic E-state index is 14.7. The highest BCUT2D eigenvalue weighted by molar-refractivity contribution is 5.94. The lowest BCUT2D eigenvalue weighted by Gasteiger charge is -2.42. The van der Waals surface area contributed by atoms with Crippen LogP contribution in [-0.2, 0) is 17.6 Å². The van der Waals surface area contributed by atoms with E-state index >= 15 is 0 Å². The smallest absolute Gasteiger partial charge is 0.432 e. The molecule has 1 fully saturated rings. The van der Waals surface area contributed by atoms with Gasteiger partial charge in [-0.3, -0.25) is 4.79 Å². The number of fused-ring (bicyclic) bond motifs is 1. The van der Waals surface area contributed by atoms with Crippen LogP contribution < -0.4 is 4.74 Å². The Morgan fingerprint density at radius 1 is 1.03 bits per heavy atom. The van der Waals surface area contributed by atoms with Gasteiger partial charge in [-0.05, 0) is 73.2 Å². The minimum Gasteiger partial charge on any atom is -0.488 e. The van der Waals surface area contributed by atoms with E-state index in [2.05, 4.69) is 0 Å². The van der Waals surface area contributed by atoms with Crippen LogP contribution in [0.1, 0.15) is 42.5 Å². The predicted octanol–water partition coefficient (Wildman–Crippen LogP) is 7.34. The van der Waals surface area contributed by atoms with Gasteiger partial charge >= 0.3 is 12.1 Å². The first-order chi connectivity index (χ1) is 17.1. The number of carboxylic acid groups (broad SMARTS) is 1. The second-order valence-electron chi connectivity index (χ2n) is 9.47. The number of nitrogens with zero attached hydrogens (tertiary/aromatic N) is 1. The molecule has 5 rings (SSSR count). The van der Waals surface area contributed by atoms with Gasteiger partial charge < -0.3 is 14.4 Å². The summed E-state index contributed by atoms with van der Waals surface area (Å²) in [5.41, 5.74) is -0.704. The van der Waals surface area contributed by atoms with Crippen LogP contribution in [0.5, 0.6) is 5.75 Å². The molecule has 0 bridgehead atoms. The standard InChI is InChI=1S/C28H23F4NO3/c1-27(26(34)35)14-18(15-27)23-24-21(8-5-9-22(24)36-16-17-6-3-2-4-7-17)33(25(23)28(30,31)32)20-12-10-19(29)11-13-20/h2-13,18H,14-16H2,1H3,(H,34,35). The molecule has 0 saturated heterocycles. The largest absolute Gasteiger partial charge is 0.488 e. The molecule has 0 amide bonds. The van der Waals surface area contributed by atoms with Crippen LogP contribution in [0.3, 0.4) is 0 Å². The Morgan fingerprint density at radius 2 is 1.69 bits per heavy atom. The molecule has 4 nitrogen and oxygen atoms in total. The molecule has 0 radical (unpaired) electrons. The van der Waals surface area contributed by atoms with E-state index in [4.69, 9.17) is 4.74 Å². The SMILES string of the molecule is CC1(C(=O)O)CC(c2c(C(F)(F)F)n(-c3ccc(F)cc3)c3cccc(OCc4ccccc4)c23)C1. The van der Waals surface area contributed by atoms with Gasteiger partial charge in [0, 0.05) is 11.1 Å². The van der Waals surface area contributed by atoms with Crippen LogP contribution in [-0.4, -0.2) is 15.6 Å². The second-order valence-corrected chi connectivity index (χ2v) is 9.47. The first-order valence-electron chi connectivity index (χ1n) is 11.5. The summed E-state index contributed by atoms with van der Waals surface area (Å²) in [6, 6.07) is 18.9. The third-order valence-corrected chi connectivity index (χ3v) is 6.90. The van der Waals surface area contributed by atoms with Crippen LogP contribution >= 0.6 is 0 Å². The van der Waals surface area contributed by atoms with Crippen LogP contribution in [0.2, 0.25) is 0 Å². The summed E-state index contributed by atoms with van der Waals surface area (Å²) < 4.78 is 64.9. The van der Waals surface area contributed by atoms with Gasteiger partial charge in [-0.15, -0.1) is 0 Å². The van der Waals surface area contributed by atoms with Crippen LogP contribution in [0.4, 0.5) is 17.6 Å². The number of aliphatic carboxylic acids is 1. The number of carbonyl (C=O) groups is 1. The summed E-state index contributed by atoms with van der Waals surface area (Å²) in [6.07, 6.45) is -4.61. The number of aromatic nitrogens is 1. The molecule has 3 aromatic carbocycles. The van der Waals surface area contributed by atoms with Gasteiger partial charge in [0.05, 0.1) is 10.9 Å². The van der Waals surface area contributed by atoms with Gasteiger partial charge in [0.2, 0.25) is 0 Å². The fourth-order valence-corrected chi connectivity index (χ4v) is 5.13. The number of ether oxygens (including phenoxy) is 1. The number of halogens is 4. The summed E-state index contributed by atoms with van der Waals surface area (Å²) in [5.74, 6) is -1.95. The van der Waals surface area contributed by atoms with Crippen molar-refractivity contribution in [2.24, 2.45) is 5.41 Å². The number of carboxylic acids is 1. The molecule has 0 aliphatic heterocycles. The van der Waals surface area contributed by atoms with Crippen molar-refractivity contribution in [3.05, 3.63) is 95.4 Å². The Bertz CT molecular complexity index is 1420. The quantitative estimate of drug-likeness (QED) is 0.284. The lowest BCUT2D eigenvalue weighted by atomic mass is 9.60. The van der Waals surface area contributed by atoms with E-state index < -0.39 is 35.0 Å². The van der Waals surface area contributed by atoms with Crippen molar-refractivity contribution in [1.29, 1.82) is 0 Å². The number of rotatable bonds is 6. The van der Waals surface area contributed by atoms with E-state index in [9.17, 15) is 27.5 Å². The van der Waals surface area contributed by atoms with E-state index in [0.29, 0.717) is 5.39 Å². The molecule has 186 valence electrons. The van der Waals surface area contributed by atoms with E-state index in [-0.39, 0.29) is 42.0 Å². The average molecular weight is 497 g/mol. The Kier molecular flexibility index (Phi) is 5.77. The lowest BCUT2D eigenvalue weighted by molar-refractivity contribution is -0.154. The van der Waals surface area contributed by atoms with Crippen molar-refractivity contribution >= 4 is 16.9 Å². The van der Waals surface area contributed by atoms with Gasteiger partial charge in [-0.1, -0.05) is 36.4 Å². The zero-order valence-electron chi connectivity index (χ0n) is 19.3. The summed E-state index contributed by atoms with van der Waals surface area (Å²) in [7, 11) is 0. The van der Waals surface area contributed by atoms with Gasteiger partial charge in [0.15, 0.2) is 0 Å². The molecule has 4 aromatic rings. The van der Waals surface area contributed by atoms with Crippen molar-refractivity contribution in [3.8, 4) is 11.4 Å². The van der Waals surface area contributed by atoms with Crippen molar-refractivity contribution in [3.63, 3.8) is 0 Å². The van der Waals surface area contributed by atoms with Crippen molar-refractivity contribution in [1.82, 2.24) is 4.57 Å². The number of hydrogen-bond acceptors (Lipinski definition) is 2. The molecule has 1 N–H and O–H groups in total. The maximum atomic E-state index is 14.7. The maximum Gasteiger partial charge on any atom is 0.432 e. The Hall–Kier alpha value is -3.81. The third kappa shape index (κ3) is 4.10. The normalized spacial score (nSPS) is 19.8. The summed E-state index contributed by atoms with van der Waals surface area (Å²) in [6.45, 7) is 1.70. The molecule has 8 heteroatoms. The van der Waals surface area contributed by atoms with Gasteiger partial charge in [-0.2, -0.15) is 13.2 Å². The number of alkyl halides is 3. The van der Waals surface area contributed by atoms with Gasteiger partial charge in [0.25, 0.3) is 0 Å².